The van der Waals surface area contributed by atoms with Gasteiger partial charge in [-0.2, -0.15) is 5.10 Å². The van der Waals surface area contributed by atoms with Crippen molar-refractivity contribution in [2.45, 2.75) is 39.5 Å². The van der Waals surface area contributed by atoms with Gasteiger partial charge in [-0.3, -0.25) is 9.59 Å². The first kappa shape index (κ1) is 19.8. The average Bonchev–Trinajstić information content (AvgIpc) is 3.04. The van der Waals surface area contributed by atoms with Crippen LogP contribution < -0.4 is 10.3 Å². The van der Waals surface area contributed by atoms with E-state index < -0.39 is 5.92 Å². The maximum Gasteiger partial charge on any atom is 0.245 e. The summed E-state index contributed by atoms with van der Waals surface area (Å²) in [6.45, 7) is 8.88. The van der Waals surface area contributed by atoms with Crippen molar-refractivity contribution in [1.82, 2.24) is 5.43 Å². The molecular weight excluding hydrogens is 350 g/mol. The van der Waals surface area contributed by atoms with Crippen LogP contribution in [0.2, 0.25) is 0 Å². The van der Waals surface area contributed by atoms with E-state index >= 15 is 0 Å². The van der Waals surface area contributed by atoms with Gasteiger partial charge in [0.1, 0.15) is 0 Å². The highest BCUT2D eigenvalue weighted by Crippen LogP contribution is 2.25. The number of carbonyl (C=O) groups excluding carboxylic acids is 2. The Labute approximate surface area is 166 Å². The van der Waals surface area contributed by atoms with Crippen LogP contribution in [0.1, 0.15) is 43.9 Å². The third-order valence-corrected chi connectivity index (χ3v) is 5.01. The number of carbonyl (C=O) groups is 2. The molecule has 2 aromatic carbocycles. The van der Waals surface area contributed by atoms with Crippen molar-refractivity contribution >= 4 is 23.7 Å². The fourth-order valence-corrected chi connectivity index (χ4v) is 3.19. The molecule has 0 bridgehead atoms. The summed E-state index contributed by atoms with van der Waals surface area (Å²) in [5.41, 5.74) is 6.79. The first-order chi connectivity index (χ1) is 13.2. The van der Waals surface area contributed by atoms with Crippen LogP contribution in [0.3, 0.4) is 0 Å². The van der Waals surface area contributed by atoms with E-state index in [1.54, 1.807) is 11.1 Å². The Bertz CT molecular complexity index is 878. The van der Waals surface area contributed by atoms with Crippen molar-refractivity contribution in [3.8, 4) is 0 Å². The lowest BCUT2D eigenvalue weighted by Gasteiger charge is -2.18. The summed E-state index contributed by atoms with van der Waals surface area (Å²) in [4.78, 5) is 26.3. The fourth-order valence-electron chi connectivity index (χ4n) is 3.19. The summed E-state index contributed by atoms with van der Waals surface area (Å²) in [7, 11) is 0. The topological polar surface area (TPSA) is 61.8 Å². The Morgan fingerprint density at radius 3 is 2.36 bits per heavy atom. The molecule has 1 N–H and O–H groups in total. The second-order valence-corrected chi connectivity index (χ2v) is 8.35. The molecule has 0 unspecified atom stereocenters. The van der Waals surface area contributed by atoms with Gasteiger partial charge in [-0.05, 0) is 35.6 Å². The van der Waals surface area contributed by atoms with Gasteiger partial charge in [0.15, 0.2) is 0 Å². The van der Waals surface area contributed by atoms with Gasteiger partial charge in [0.25, 0.3) is 0 Å². The third-order valence-electron chi connectivity index (χ3n) is 5.01. The number of amides is 2. The monoisotopic (exact) mass is 377 g/mol. The summed E-state index contributed by atoms with van der Waals surface area (Å²) in [5.74, 6) is -0.662. The van der Waals surface area contributed by atoms with Crippen molar-refractivity contribution in [3.63, 3.8) is 0 Å². The molecule has 0 saturated carbocycles. The van der Waals surface area contributed by atoms with Crippen molar-refractivity contribution in [2.24, 2.45) is 11.0 Å². The Morgan fingerprint density at radius 2 is 1.75 bits per heavy atom. The van der Waals surface area contributed by atoms with Gasteiger partial charge in [0.2, 0.25) is 11.8 Å². The number of benzene rings is 2. The number of hydrogen-bond acceptors (Lipinski definition) is 3. The molecule has 1 aliphatic heterocycles. The highest BCUT2D eigenvalue weighted by atomic mass is 16.2. The molecular formula is C23H27N3O2. The minimum atomic E-state index is -0.394. The number of rotatable bonds is 4. The molecule has 0 spiro atoms. The highest BCUT2D eigenvalue weighted by Gasteiger charge is 2.35. The number of hydrogen-bond donors (Lipinski definition) is 1. The highest BCUT2D eigenvalue weighted by molar-refractivity contribution is 6.00. The minimum Gasteiger partial charge on any atom is -0.312 e. The van der Waals surface area contributed by atoms with Crippen LogP contribution >= 0.6 is 0 Å². The van der Waals surface area contributed by atoms with E-state index in [-0.39, 0.29) is 23.7 Å². The largest absolute Gasteiger partial charge is 0.312 e. The number of nitrogens with zero attached hydrogens (tertiary/aromatic N) is 2. The van der Waals surface area contributed by atoms with Crippen LogP contribution in [0.25, 0.3) is 0 Å². The molecule has 1 aliphatic rings. The number of aryl methyl sites for hydroxylation is 1. The van der Waals surface area contributed by atoms with Gasteiger partial charge in [-0.1, -0.05) is 62.7 Å². The van der Waals surface area contributed by atoms with E-state index in [1.165, 1.54) is 5.56 Å². The van der Waals surface area contributed by atoms with E-state index in [1.807, 2.05) is 43.3 Å². The van der Waals surface area contributed by atoms with Crippen molar-refractivity contribution in [1.29, 1.82) is 0 Å². The van der Waals surface area contributed by atoms with Gasteiger partial charge in [0, 0.05) is 18.7 Å². The number of nitrogens with one attached hydrogen (secondary N) is 1. The van der Waals surface area contributed by atoms with Crippen LogP contribution in [0, 0.1) is 12.8 Å². The molecule has 5 nitrogen and oxygen atoms in total. The predicted molar refractivity (Wildman–Crippen MR) is 113 cm³/mol. The quantitative estimate of drug-likeness (QED) is 0.651. The molecule has 1 fully saturated rings. The van der Waals surface area contributed by atoms with E-state index in [4.69, 9.17) is 0 Å². The van der Waals surface area contributed by atoms with Crippen LogP contribution in [0.4, 0.5) is 5.69 Å². The number of hydrazone groups is 1. The molecule has 1 heterocycles. The lowest BCUT2D eigenvalue weighted by Crippen LogP contribution is -2.30. The second-order valence-electron chi connectivity index (χ2n) is 8.35. The first-order valence-electron chi connectivity index (χ1n) is 9.54. The molecule has 3 rings (SSSR count). The normalized spacial score (nSPS) is 17.4. The molecule has 1 saturated heterocycles. The Balaban J connectivity index is 1.57. The van der Waals surface area contributed by atoms with E-state index in [9.17, 15) is 9.59 Å². The van der Waals surface area contributed by atoms with Crippen molar-refractivity contribution in [3.05, 3.63) is 65.2 Å². The molecule has 2 aromatic rings. The Morgan fingerprint density at radius 1 is 1.11 bits per heavy atom. The van der Waals surface area contributed by atoms with E-state index in [2.05, 4.69) is 43.4 Å². The minimum absolute atomic E-state index is 0.0363. The summed E-state index contributed by atoms with van der Waals surface area (Å²) < 4.78 is 0. The standard InChI is InChI=1S/C23H27N3O2/c1-16-5-11-20(12-6-16)26-15-18(13-21(26)27)22(28)25-24-14-17-7-9-19(10-8-17)23(2,3)4/h5-12,14,18H,13,15H2,1-4H3,(H,25,28)/b24-14+/t18-/m0/s1. The molecule has 0 aromatic heterocycles. The zero-order valence-corrected chi connectivity index (χ0v) is 16.9. The van der Waals surface area contributed by atoms with E-state index in [0.717, 1.165) is 16.8 Å². The summed E-state index contributed by atoms with van der Waals surface area (Å²) >= 11 is 0. The zero-order chi connectivity index (χ0) is 20.3. The lowest BCUT2D eigenvalue weighted by molar-refractivity contribution is -0.126. The first-order valence-corrected chi connectivity index (χ1v) is 9.54. The smallest absolute Gasteiger partial charge is 0.245 e. The van der Waals surface area contributed by atoms with Crippen LogP contribution in [-0.4, -0.2) is 24.6 Å². The predicted octanol–water partition coefficient (Wildman–Crippen LogP) is 3.80. The maximum atomic E-state index is 12.4. The molecule has 0 aliphatic carbocycles. The summed E-state index contributed by atoms with van der Waals surface area (Å²) in [6, 6.07) is 15.8. The van der Waals surface area contributed by atoms with Crippen molar-refractivity contribution < 1.29 is 9.59 Å². The van der Waals surface area contributed by atoms with Crippen molar-refractivity contribution in [2.75, 3.05) is 11.4 Å². The van der Waals surface area contributed by atoms with Crippen LogP contribution in [0.5, 0.6) is 0 Å². The van der Waals surface area contributed by atoms with Gasteiger partial charge in [-0.15, -0.1) is 0 Å². The van der Waals surface area contributed by atoms with Gasteiger partial charge in [-0.25, -0.2) is 5.43 Å². The number of anilines is 1. The van der Waals surface area contributed by atoms with Gasteiger partial charge >= 0.3 is 0 Å². The second kappa shape index (κ2) is 7.97. The SMILES string of the molecule is Cc1ccc(N2C[C@@H](C(=O)N/N=C/c3ccc(C(C)(C)C)cc3)CC2=O)cc1. The zero-order valence-electron chi connectivity index (χ0n) is 16.9. The molecule has 5 heteroatoms. The molecule has 146 valence electrons. The van der Waals surface area contributed by atoms with Gasteiger partial charge < -0.3 is 4.90 Å². The molecule has 0 radical (unpaired) electrons. The summed E-state index contributed by atoms with van der Waals surface area (Å²) in [6.07, 6.45) is 1.83. The Kier molecular flexibility index (Phi) is 5.63. The maximum absolute atomic E-state index is 12.4. The fraction of sp³-hybridized carbons (Fsp3) is 0.348. The third kappa shape index (κ3) is 4.66. The molecule has 2 amide bonds. The van der Waals surface area contributed by atoms with Crippen LogP contribution in [-0.2, 0) is 15.0 Å². The average molecular weight is 377 g/mol. The lowest BCUT2D eigenvalue weighted by atomic mass is 9.87. The van der Waals surface area contributed by atoms with E-state index in [0.29, 0.717) is 6.54 Å². The van der Waals surface area contributed by atoms with Crippen LogP contribution in [0.15, 0.2) is 53.6 Å². The Hall–Kier alpha value is -2.95. The molecule has 1 atom stereocenters. The van der Waals surface area contributed by atoms with Gasteiger partial charge in [0.05, 0.1) is 12.1 Å². The molecule has 28 heavy (non-hydrogen) atoms. The summed E-state index contributed by atoms with van der Waals surface area (Å²) in [5, 5.41) is 4.06.